The third-order valence-electron chi connectivity index (χ3n) is 4.05. The smallest absolute Gasteiger partial charge is 0.336 e. The number of Topliss-reactive ketones (excluding diaryl/α,β-unsaturated/α-hetero) is 1. The van der Waals surface area contributed by atoms with Crippen molar-refractivity contribution >= 4 is 39.0 Å². The third-order valence-corrected chi connectivity index (χ3v) is 5.81. The Morgan fingerprint density at radius 3 is 2.86 bits per heavy atom. The number of ether oxygens (including phenoxy) is 1. The summed E-state index contributed by atoms with van der Waals surface area (Å²) in [6, 6.07) is 1.98. The lowest BCUT2D eigenvalue weighted by atomic mass is 9.78. The summed E-state index contributed by atoms with van der Waals surface area (Å²) in [5.74, 6) is -0.588. The first-order valence-electron chi connectivity index (χ1n) is 7.09. The van der Waals surface area contributed by atoms with Crippen molar-refractivity contribution in [1.29, 1.82) is 0 Å². The molecule has 0 aromatic carbocycles. The topological polar surface area (TPSA) is 55.4 Å². The number of methoxy groups -OCH3 is 1. The predicted molar refractivity (Wildman–Crippen MR) is 88.5 cm³/mol. The number of nitrogens with one attached hydrogen (secondary N) is 1. The number of allylic oxidation sites excluding steroid dienone is 3. The van der Waals surface area contributed by atoms with E-state index in [2.05, 4.69) is 21.2 Å². The second-order valence-electron chi connectivity index (χ2n) is 5.42. The van der Waals surface area contributed by atoms with Gasteiger partial charge in [0, 0.05) is 38.1 Å². The van der Waals surface area contributed by atoms with E-state index in [-0.39, 0.29) is 17.7 Å². The first-order chi connectivity index (χ1) is 10.5. The Hall–Kier alpha value is -1.40. The normalized spacial score (nSPS) is 21.6. The number of thiophene rings is 1. The standard InChI is InChI=1S/C16H16BrNO3S/c1-8-13(16(20)21-2)15(12-6-9(17)7-22-12)14-10(18-8)4-3-5-11(14)19/h6-7,15,18H,3-5H2,1-2H3/t15-/m0/s1. The minimum Gasteiger partial charge on any atom is -0.466 e. The van der Waals surface area contributed by atoms with Crippen molar-refractivity contribution in [3.8, 4) is 0 Å². The largest absolute Gasteiger partial charge is 0.466 e. The first-order valence-corrected chi connectivity index (χ1v) is 8.76. The summed E-state index contributed by atoms with van der Waals surface area (Å²) in [6.07, 6.45) is 2.24. The Kier molecular flexibility index (Phi) is 4.23. The highest BCUT2D eigenvalue weighted by Crippen LogP contribution is 2.44. The highest BCUT2D eigenvalue weighted by atomic mass is 79.9. The van der Waals surface area contributed by atoms with E-state index in [1.54, 1.807) is 11.3 Å². The van der Waals surface area contributed by atoms with Crippen molar-refractivity contribution in [3.63, 3.8) is 0 Å². The second-order valence-corrected chi connectivity index (χ2v) is 7.28. The molecule has 2 aliphatic rings. The fraction of sp³-hybridized carbons (Fsp3) is 0.375. The highest BCUT2D eigenvalue weighted by Gasteiger charge is 2.39. The van der Waals surface area contributed by atoms with E-state index >= 15 is 0 Å². The molecule has 0 unspecified atom stereocenters. The van der Waals surface area contributed by atoms with Crippen molar-refractivity contribution in [2.24, 2.45) is 0 Å². The second kappa shape index (κ2) is 6.01. The zero-order chi connectivity index (χ0) is 15.9. The molecule has 0 radical (unpaired) electrons. The van der Waals surface area contributed by atoms with Gasteiger partial charge in [0.05, 0.1) is 18.6 Å². The zero-order valence-corrected chi connectivity index (χ0v) is 14.8. The van der Waals surface area contributed by atoms with Crippen LogP contribution >= 0.6 is 27.3 Å². The molecule has 1 aromatic heterocycles. The fourth-order valence-electron chi connectivity index (χ4n) is 3.13. The monoisotopic (exact) mass is 381 g/mol. The van der Waals surface area contributed by atoms with Gasteiger partial charge in [-0.3, -0.25) is 4.79 Å². The number of ketones is 1. The molecule has 0 saturated carbocycles. The zero-order valence-electron chi connectivity index (χ0n) is 12.4. The van der Waals surface area contributed by atoms with E-state index < -0.39 is 0 Å². The van der Waals surface area contributed by atoms with Gasteiger partial charge in [-0.25, -0.2) is 4.79 Å². The Balaban J connectivity index is 2.18. The lowest BCUT2D eigenvalue weighted by molar-refractivity contribution is -0.136. The van der Waals surface area contributed by atoms with Gasteiger partial charge in [-0.1, -0.05) is 0 Å². The molecular formula is C16H16BrNO3S. The van der Waals surface area contributed by atoms with Crippen molar-refractivity contribution < 1.29 is 14.3 Å². The summed E-state index contributed by atoms with van der Waals surface area (Å²) < 4.78 is 5.91. The Labute approximate surface area is 141 Å². The first kappa shape index (κ1) is 15.5. The summed E-state index contributed by atoms with van der Waals surface area (Å²) >= 11 is 5.00. The van der Waals surface area contributed by atoms with Crippen LogP contribution in [0.2, 0.25) is 0 Å². The summed E-state index contributed by atoms with van der Waals surface area (Å²) in [6.45, 7) is 1.87. The van der Waals surface area contributed by atoms with Crippen LogP contribution in [0.4, 0.5) is 0 Å². The maximum Gasteiger partial charge on any atom is 0.336 e. The SMILES string of the molecule is COC(=O)C1=C(C)NC2=C(C(=O)CCC2)[C@H]1c1cc(Br)cs1. The molecule has 0 saturated heterocycles. The molecule has 22 heavy (non-hydrogen) atoms. The number of carbonyl (C=O) groups excluding carboxylic acids is 2. The van der Waals surface area contributed by atoms with E-state index in [1.165, 1.54) is 7.11 Å². The summed E-state index contributed by atoms with van der Waals surface area (Å²) in [7, 11) is 1.37. The quantitative estimate of drug-likeness (QED) is 0.794. The molecular weight excluding hydrogens is 366 g/mol. The van der Waals surface area contributed by atoms with Crippen LogP contribution in [0.25, 0.3) is 0 Å². The molecule has 0 bridgehead atoms. The van der Waals surface area contributed by atoms with Gasteiger partial charge in [0.1, 0.15) is 0 Å². The summed E-state index contributed by atoms with van der Waals surface area (Å²) in [5, 5.41) is 5.22. The molecule has 4 nitrogen and oxygen atoms in total. The Bertz CT molecular complexity index is 717. The van der Waals surface area contributed by atoms with Gasteiger partial charge in [0.15, 0.2) is 5.78 Å². The van der Waals surface area contributed by atoms with Crippen LogP contribution in [0.1, 0.15) is 37.0 Å². The lowest BCUT2D eigenvalue weighted by Gasteiger charge is -2.33. The molecule has 3 rings (SSSR count). The molecule has 116 valence electrons. The van der Waals surface area contributed by atoms with Gasteiger partial charge < -0.3 is 10.1 Å². The van der Waals surface area contributed by atoms with E-state index in [1.807, 2.05) is 18.4 Å². The average molecular weight is 382 g/mol. The molecule has 0 spiro atoms. The van der Waals surface area contributed by atoms with Gasteiger partial charge in [-0.15, -0.1) is 11.3 Å². The van der Waals surface area contributed by atoms with Crippen molar-refractivity contribution in [3.05, 3.63) is 43.3 Å². The Morgan fingerprint density at radius 1 is 1.45 bits per heavy atom. The van der Waals surface area contributed by atoms with E-state index in [9.17, 15) is 9.59 Å². The number of dihydropyridines is 1. The molecule has 2 heterocycles. The van der Waals surface area contributed by atoms with Crippen LogP contribution in [0.3, 0.4) is 0 Å². The summed E-state index contributed by atoms with van der Waals surface area (Å²) in [5.41, 5.74) is 2.99. The molecule has 1 aliphatic carbocycles. The number of esters is 1. The Morgan fingerprint density at radius 2 is 2.23 bits per heavy atom. The van der Waals surface area contributed by atoms with Gasteiger partial charge in [0.25, 0.3) is 0 Å². The van der Waals surface area contributed by atoms with Crippen LogP contribution in [0, 0.1) is 0 Å². The van der Waals surface area contributed by atoms with Crippen LogP contribution < -0.4 is 5.32 Å². The minimum atomic E-state index is -0.385. The van der Waals surface area contributed by atoms with Crippen molar-refractivity contribution in [2.75, 3.05) is 7.11 Å². The van der Waals surface area contributed by atoms with Gasteiger partial charge in [-0.05, 0) is 41.8 Å². The highest BCUT2D eigenvalue weighted by molar-refractivity contribution is 9.10. The van der Waals surface area contributed by atoms with Gasteiger partial charge >= 0.3 is 5.97 Å². The maximum atomic E-state index is 12.5. The molecule has 1 atom stereocenters. The van der Waals surface area contributed by atoms with Crippen LogP contribution in [0.15, 0.2) is 38.5 Å². The minimum absolute atomic E-state index is 0.122. The van der Waals surface area contributed by atoms with Crippen LogP contribution in [-0.4, -0.2) is 18.9 Å². The molecule has 1 aromatic rings. The number of rotatable bonds is 2. The third kappa shape index (κ3) is 2.54. The number of hydrogen-bond donors (Lipinski definition) is 1. The van der Waals surface area contributed by atoms with Crippen LogP contribution in [0.5, 0.6) is 0 Å². The average Bonchev–Trinajstić information content (AvgIpc) is 2.91. The van der Waals surface area contributed by atoms with Gasteiger partial charge in [0.2, 0.25) is 0 Å². The van der Waals surface area contributed by atoms with Crippen molar-refractivity contribution in [1.82, 2.24) is 5.32 Å². The number of carbonyl (C=O) groups is 2. The predicted octanol–water partition coefficient (Wildman–Crippen LogP) is 3.65. The van der Waals surface area contributed by atoms with E-state index in [0.29, 0.717) is 12.0 Å². The maximum absolute atomic E-state index is 12.5. The van der Waals surface area contributed by atoms with E-state index in [4.69, 9.17) is 4.74 Å². The fourth-order valence-corrected chi connectivity index (χ4v) is 4.69. The van der Waals surface area contributed by atoms with Crippen LogP contribution in [-0.2, 0) is 14.3 Å². The molecule has 6 heteroatoms. The summed E-state index contributed by atoms with van der Waals surface area (Å²) in [4.78, 5) is 25.8. The molecule has 0 amide bonds. The number of hydrogen-bond acceptors (Lipinski definition) is 5. The molecule has 1 N–H and O–H groups in total. The van der Waals surface area contributed by atoms with Gasteiger partial charge in [-0.2, -0.15) is 0 Å². The van der Waals surface area contributed by atoms with Crippen molar-refractivity contribution in [2.45, 2.75) is 32.1 Å². The lowest BCUT2D eigenvalue weighted by Crippen LogP contribution is -2.33. The molecule has 1 aliphatic heterocycles. The molecule has 0 fully saturated rings. The van der Waals surface area contributed by atoms with E-state index in [0.717, 1.165) is 39.2 Å². The number of halogens is 1.